The number of nitrogens with one attached hydrogen (secondary N) is 1. The van der Waals surface area contributed by atoms with Crippen molar-refractivity contribution < 1.29 is 27.9 Å². The van der Waals surface area contributed by atoms with Crippen molar-refractivity contribution in [1.29, 1.82) is 0 Å². The first-order valence-electron chi connectivity index (χ1n) is 7.14. The first-order chi connectivity index (χ1) is 11.3. The summed E-state index contributed by atoms with van der Waals surface area (Å²) < 4.78 is 32.1. The monoisotopic (exact) mass is 336 g/mol. The van der Waals surface area contributed by atoms with E-state index in [4.69, 9.17) is 4.42 Å². The Labute approximate surface area is 135 Å². The summed E-state index contributed by atoms with van der Waals surface area (Å²) in [5.41, 5.74) is -1.75. The van der Waals surface area contributed by atoms with Crippen molar-refractivity contribution in [2.75, 3.05) is 6.54 Å². The first-order valence-corrected chi connectivity index (χ1v) is 7.14. The molecule has 1 aromatic carbocycles. The molecule has 6 nitrogen and oxygen atoms in total. The molecule has 1 aliphatic heterocycles. The highest BCUT2D eigenvalue weighted by Gasteiger charge is 2.51. The number of aliphatic hydroxyl groups is 1. The molecule has 0 saturated carbocycles. The minimum absolute atomic E-state index is 0.231. The average Bonchev–Trinajstić information content (AvgIpc) is 3.14. The number of halogens is 2. The lowest BCUT2D eigenvalue weighted by atomic mass is 9.99. The summed E-state index contributed by atoms with van der Waals surface area (Å²) in [6, 6.07) is 4.95. The summed E-state index contributed by atoms with van der Waals surface area (Å²) in [6.45, 7) is 0.947. The zero-order valence-corrected chi connectivity index (χ0v) is 12.6. The number of imide groups is 1. The van der Waals surface area contributed by atoms with Gasteiger partial charge in [-0.05, 0) is 37.3 Å². The van der Waals surface area contributed by atoms with Crippen molar-refractivity contribution in [3.8, 4) is 0 Å². The van der Waals surface area contributed by atoms with E-state index in [1.807, 2.05) is 0 Å². The summed E-state index contributed by atoms with van der Waals surface area (Å²) >= 11 is 0. The van der Waals surface area contributed by atoms with E-state index in [0.29, 0.717) is 0 Å². The molecule has 1 fully saturated rings. The molecule has 0 radical (unpaired) electrons. The van der Waals surface area contributed by atoms with E-state index in [9.17, 15) is 23.5 Å². The summed E-state index contributed by atoms with van der Waals surface area (Å²) in [5, 5.41) is 12.6. The zero-order valence-electron chi connectivity index (χ0n) is 12.6. The number of carbonyl (C=O) groups excluding carboxylic acids is 2. The smallest absolute Gasteiger partial charge is 0.325 e. The number of benzene rings is 1. The maximum atomic E-state index is 13.7. The molecule has 0 aliphatic carbocycles. The third kappa shape index (κ3) is 2.54. The molecule has 2 N–H and O–H groups in total. The Morgan fingerprint density at radius 1 is 1.33 bits per heavy atom. The molecule has 24 heavy (non-hydrogen) atoms. The molecule has 0 unspecified atom stereocenters. The fourth-order valence-electron chi connectivity index (χ4n) is 2.63. The van der Waals surface area contributed by atoms with Crippen LogP contribution in [0.3, 0.4) is 0 Å². The minimum atomic E-state index is -1.56. The molecule has 2 atom stereocenters. The predicted octanol–water partition coefficient (Wildman–Crippen LogP) is 2.06. The summed E-state index contributed by atoms with van der Waals surface area (Å²) in [4.78, 5) is 25.4. The van der Waals surface area contributed by atoms with Crippen LogP contribution in [0.4, 0.5) is 13.6 Å². The van der Waals surface area contributed by atoms with Crippen LogP contribution in [0.25, 0.3) is 0 Å². The van der Waals surface area contributed by atoms with Crippen LogP contribution in [0.2, 0.25) is 0 Å². The van der Waals surface area contributed by atoms with Gasteiger partial charge in [-0.25, -0.2) is 13.6 Å². The SMILES string of the molecule is C[C@@]1(c2ccco2)NC(=O)N(C[C@H](O)c2cc(F)ccc2F)C1=O. The Bertz CT molecular complexity index is 793. The highest BCUT2D eigenvalue weighted by Crippen LogP contribution is 2.30. The molecule has 126 valence electrons. The second-order valence-electron chi connectivity index (χ2n) is 5.63. The van der Waals surface area contributed by atoms with Gasteiger partial charge in [0.15, 0.2) is 5.54 Å². The number of hydrogen-bond donors (Lipinski definition) is 2. The number of rotatable bonds is 4. The number of nitrogens with zero attached hydrogens (tertiary/aromatic N) is 1. The zero-order chi connectivity index (χ0) is 17.5. The van der Waals surface area contributed by atoms with Crippen molar-refractivity contribution in [3.05, 3.63) is 59.6 Å². The van der Waals surface area contributed by atoms with Crippen LogP contribution in [-0.4, -0.2) is 28.5 Å². The van der Waals surface area contributed by atoms with Crippen LogP contribution >= 0.6 is 0 Å². The van der Waals surface area contributed by atoms with E-state index < -0.39 is 41.8 Å². The van der Waals surface area contributed by atoms with Gasteiger partial charge in [0.25, 0.3) is 5.91 Å². The van der Waals surface area contributed by atoms with Crippen LogP contribution in [0, 0.1) is 11.6 Å². The Kier molecular flexibility index (Phi) is 3.84. The predicted molar refractivity (Wildman–Crippen MR) is 77.6 cm³/mol. The topological polar surface area (TPSA) is 82.8 Å². The third-order valence-corrected chi connectivity index (χ3v) is 3.96. The maximum Gasteiger partial charge on any atom is 0.325 e. The molecule has 1 saturated heterocycles. The second-order valence-corrected chi connectivity index (χ2v) is 5.63. The lowest BCUT2D eigenvalue weighted by Gasteiger charge is -2.21. The van der Waals surface area contributed by atoms with Gasteiger partial charge in [0.05, 0.1) is 12.8 Å². The van der Waals surface area contributed by atoms with Crippen LogP contribution < -0.4 is 5.32 Å². The summed E-state index contributed by atoms with van der Waals surface area (Å²) in [5.74, 6) is -1.99. The van der Waals surface area contributed by atoms with E-state index in [1.54, 1.807) is 6.07 Å². The number of carbonyl (C=O) groups is 2. The Morgan fingerprint density at radius 3 is 2.75 bits per heavy atom. The molecular weight excluding hydrogens is 322 g/mol. The normalized spacial score (nSPS) is 21.9. The molecule has 3 amide bonds. The summed E-state index contributed by atoms with van der Waals surface area (Å²) in [6.07, 6.45) is -0.200. The van der Waals surface area contributed by atoms with Crippen molar-refractivity contribution >= 4 is 11.9 Å². The van der Waals surface area contributed by atoms with Crippen molar-refractivity contribution in [3.63, 3.8) is 0 Å². The van der Waals surface area contributed by atoms with E-state index in [1.165, 1.54) is 19.3 Å². The van der Waals surface area contributed by atoms with Crippen LogP contribution in [0.1, 0.15) is 24.4 Å². The number of urea groups is 1. The highest BCUT2D eigenvalue weighted by molar-refractivity contribution is 6.06. The lowest BCUT2D eigenvalue weighted by Crippen LogP contribution is -2.41. The van der Waals surface area contributed by atoms with Gasteiger partial charge in [-0.3, -0.25) is 9.69 Å². The Hall–Kier alpha value is -2.74. The van der Waals surface area contributed by atoms with Crippen molar-refractivity contribution in [2.24, 2.45) is 0 Å². The number of aliphatic hydroxyl groups excluding tert-OH is 1. The molecule has 2 aromatic rings. The van der Waals surface area contributed by atoms with E-state index >= 15 is 0 Å². The van der Waals surface area contributed by atoms with Gasteiger partial charge in [-0.15, -0.1) is 0 Å². The fourth-order valence-corrected chi connectivity index (χ4v) is 2.63. The number of β-amino-alcohol motifs (C(OH)–C–C–N with tert-alkyl or cyclic N) is 1. The van der Waals surface area contributed by atoms with Gasteiger partial charge in [0.2, 0.25) is 0 Å². The molecule has 3 rings (SSSR count). The van der Waals surface area contributed by atoms with Crippen molar-refractivity contribution in [1.82, 2.24) is 10.2 Å². The molecule has 1 aromatic heterocycles. The largest absolute Gasteiger partial charge is 0.466 e. The molecule has 1 aliphatic rings. The highest BCUT2D eigenvalue weighted by atomic mass is 19.1. The van der Waals surface area contributed by atoms with E-state index in [0.717, 1.165) is 23.1 Å². The average molecular weight is 336 g/mol. The molecule has 8 heteroatoms. The quantitative estimate of drug-likeness (QED) is 0.837. The minimum Gasteiger partial charge on any atom is -0.466 e. The third-order valence-electron chi connectivity index (χ3n) is 3.96. The number of amides is 3. The fraction of sp³-hybridized carbons (Fsp3) is 0.250. The summed E-state index contributed by atoms with van der Waals surface area (Å²) in [7, 11) is 0. The van der Waals surface area contributed by atoms with Gasteiger partial charge < -0.3 is 14.8 Å². The Morgan fingerprint density at radius 2 is 2.08 bits per heavy atom. The number of hydrogen-bond acceptors (Lipinski definition) is 4. The maximum absolute atomic E-state index is 13.7. The molecule has 2 heterocycles. The molecule has 0 bridgehead atoms. The van der Waals surface area contributed by atoms with Gasteiger partial charge in [0.1, 0.15) is 23.5 Å². The van der Waals surface area contributed by atoms with Crippen LogP contribution in [0.15, 0.2) is 41.0 Å². The van der Waals surface area contributed by atoms with Crippen molar-refractivity contribution in [2.45, 2.75) is 18.6 Å². The van der Waals surface area contributed by atoms with Crippen LogP contribution in [-0.2, 0) is 10.3 Å². The van der Waals surface area contributed by atoms with Gasteiger partial charge in [-0.1, -0.05) is 0 Å². The van der Waals surface area contributed by atoms with Crippen LogP contribution in [0.5, 0.6) is 0 Å². The standard InChI is InChI=1S/C16H14F2N2O4/c1-16(13-3-2-6-24-13)14(22)20(15(23)19-16)8-12(21)10-7-9(17)4-5-11(10)18/h2-7,12,21H,8H2,1H3,(H,19,23)/t12-,16-/m0/s1. The van der Waals surface area contributed by atoms with Gasteiger partial charge in [-0.2, -0.15) is 0 Å². The van der Waals surface area contributed by atoms with Gasteiger partial charge >= 0.3 is 6.03 Å². The molecular formula is C16H14F2N2O4. The van der Waals surface area contributed by atoms with E-state index in [2.05, 4.69) is 5.32 Å². The van der Waals surface area contributed by atoms with Gasteiger partial charge in [0, 0.05) is 5.56 Å². The number of furan rings is 1. The lowest BCUT2D eigenvalue weighted by molar-refractivity contribution is -0.132. The second kappa shape index (κ2) is 5.72. The Balaban J connectivity index is 1.84. The van der Waals surface area contributed by atoms with E-state index in [-0.39, 0.29) is 11.3 Å². The first kappa shape index (κ1) is 16.1. The molecule has 0 spiro atoms.